The van der Waals surface area contributed by atoms with Crippen LogP contribution in [0.5, 0.6) is 0 Å². The lowest BCUT2D eigenvalue weighted by Gasteiger charge is -2.45. The molecule has 6 nitrogen and oxygen atoms in total. The van der Waals surface area contributed by atoms with E-state index in [1.54, 1.807) is 0 Å². The van der Waals surface area contributed by atoms with Gasteiger partial charge in [0, 0.05) is 43.4 Å². The van der Waals surface area contributed by atoms with Gasteiger partial charge in [0.05, 0.1) is 32.5 Å². The van der Waals surface area contributed by atoms with E-state index >= 15 is 0 Å². The third-order valence-corrected chi connectivity index (χ3v) is 6.81. The van der Waals surface area contributed by atoms with E-state index in [0.717, 1.165) is 58.0 Å². The molecule has 27 heavy (non-hydrogen) atoms. The van der Waals surface area contributed by atoms with Gasteiger partial charge in [-0.1, -0.05) is 6.07 Å². The number of ether oxygens (including phenoxy) is 2. The second-order valence-electron chi connectivity index (χ2n) is 8.74. The average molecular weight is 373 g/mol. The van der Waals surface area contributed by atoms with Gasteiger partial charge in [-0.15, -0.1) is 0 Å². The average Bonchev–Trinajstić information content (AvgIpc) is 3.03. The highest BCUT2D eigenvalue weighted by Gasteiger charge is 2.37. The van der Waals surface area contributed by atoms with Gasteiger partial charge in [0.15, 0.2) is 0 Å². The minimum atomic E-state index is 0.253. The van der Waals surface area contributed by atoms with Gasteiger partial charge in [0.25, 0.3) is 5.56 Å². The first kappa shape index (κ1) is 17.9. The summed E-state index contributed by atoms with van der Waals surface area (Å²) in [6.45, 7) is 8.95. The molecule has 4 aliphatic rings. The van der Waals surface area contributed by atoms with E-state index in [9.17, 15) is 4.79 Å². The smallest absolute Gasteiger partial charge is 0.255 e. The Labute approximate surface area is 161 Å². The van der Waals surface area contributed by atoms with Crippen LogP contribution in [0.4, 0.5) is 0 Å². The quantitative estimate of drug-likeness (QED) is 0.799. The fourth-order valence-electron chi connectivity index (χ4n) is 5.44. The number of fused-ring (bicyclic) bond motifs is 4. The summed E-state index contributed by atoms with van der Waals surface area (Å²) in [5.74, 6) is 1.01. The molecule has 5 rings (SSSR count). The number of piperidine rings is 1. The molecule has 0 radical (unpaired) electrons. The molecular formula is C21H31N3O3. The summed E-state index contributed by atoms with van der Waals surface area (Å²) in [6.07, 6.45) is 3.73. The molecule has 3 fully saturated rings. The molecule has 0 N–H and O–H groups in total. The van der Waals surface area contributed by atoms with Crippen molar-refractivity contribution in [2.24, 2.45) is 5.92 Å². The van der Waals surface area contributed by atoms with E-state index in [1.807, 2.05) is 0 Å². The van der Waals surface area contributed by atoms with Crippen LogP contribution in [0.1, 0.15) is 36.4 Å². The summed E-state index contributed by atoms with van der Waals surface area (Å²) in [4.78, 5) is 18.1. The van der Waals surface area contributed by atoms with Crippen molar-refractivity contribution in [3.05, 3.63) is 33.7 Å². The Morgan fingerprint density at radius 1 is 1.00 bits per heavy atom. The second-order valence-corrected chi connectivity index (χ2v) is 8.74. The van der Waals surface area contributed by atoms with E-state index in [4.69, 9.17) is 9.47 Å². The first-order chi connectivity index (χ1) is 13.3. The highest BCUT2D eigenvalue weighted by molar-refractivity contribution is 5.22. The van der Waals surface area contributed by atoms with Crippen LogP contribution in [0.3, 0.4) is 0 Å². The zero-order valence-electron chi connectivity index (χ0n) is 16.1. The van der Waals surface area contributed by atoms with Crippen LogP contribution in [0.15, 0.2) is 16.9 Å². The van der Waals surface area contributed by atoms with Gasteiger partial charge in [-0.25, -0.2) is 0 Å². The third-order valence-electron chi connectivity index (χ3n) is 6.81. The number of nitrogens with zero attached hydrogens (tertiary/aromatic N) is 3. The monoisotopic (exact) mass is 373 g/mol. The predicted octanol–water partition coefficient (Wildman–Crippen LogP) is 1.28. The van der Waals surface area contributed by atoms with Crippen molar-refractivity contribution in [1.82, 2.24) is 14.4 Å². The molecule has 6 heteroatoms. The van der Waals surface area contributed by atoms with Gasteiger partial charge in [-0.2, -0.15) is 0 Å². The van der Waals surface area contributed by atoms with E-state index in [2.05, 4.69) is 26.5 Å². The van der Waals surface area contributed by atoms with Crippen LogP contribution >= 0.6 is 0 Å². The van der Waals surface area contributed by atoms with Crippen molar-refractivity contribution in [1.29, 1.82) is 0 Å². The molecule has 0 aromatic carbocycles. The first-order valence-corrected chi connectivity index (χ1v) is 10.6. The van der Waals surface area contributed by atoms with Crippen LogP contribution < -0.4 is 5.56 Å². The Bertz CT molecular complexity index is 720. The van der Waals surface area contributed by atoms with Crippen LogP contribution in [0, 0.1) is 5.92 Å². The van der Waals surface area contributed by atoms with Gasteiger partial charge < -0.3 is 14.0 Å². The van der Waals surface area contributed by atoms with Crippen LogP contribution in [0.25, 0.3) is 0 Å². The number of pyridine rings is 1. The minimum absolute atomic E-state index is 0.253. The number of hydrogen-bond donors (Lipinski definition) is 0. The minimum Gasteiger partial charge on any atom is -0.377 e. The molecule has 148 valence electrons. The summed E-state index contributed by atoms with van der Waals surface area (Å²) in [5.41, 5.74) is 2.47. The molecule has 3 saturated heterocycles. The van der Waals surface area contributed by atoms with Crippen LogP contribution in [-0.2, 0) is 22.6 Å². The molecule has 2 atom stereocenters. The molecule has 0 spiro atoms. The lowest BCUT2D eigenvalue weighted by molar-refractivity contribution is 0.0234. The Morgan fingerprint density at radius 2 is 1.78 bits per heavy atom. The van der Waals surface area contributed by atoms with Gasteiger partial charge in [0.2, 0.25) is 0 Å². The molecule has 2 bridgehead atoms. The van der Waals surface area contributed by atoms with Crippen LogP contribution in [-0.4, -0.2) is 73.0 Å². The number of likely N-dealkylation sites (tertiary alicyclic amines) is 2. The van der Waals surface area contributed by atoms with Crippen LogP contribution in [0.2, 0.25) is 0 Å². The first-order valence-electron chi connectivity index (χ1n) is 10.6. The van der Waals surface area contributed by atoms with Gasteiger partial charge >= 0.3 is 0 Å². The summed E-state index contributed by atoms with van der Waals surface area (Å²) in [5, 5.41) is 0. The zero-order valence-corrected chi connectivity index (χ0v) is 16.1. The SMILES string of the molecule is O=c1c(CN2CCCC2)ccc2n1C[C@H]1C[C@@H]2CN(C2COCCOC2)C1. The lowest BCUT2D eigenvalue weighted by Crippen LogP contribution is -2.53. The normalized spacial score (nSPS) is 30.2. The van der Waals surface area contributed by atoms with Gasteiger partial charge in [-0.05, 0) is 44.3 Å². The maximum Gasteiger partial charge on any atom is 0.255 e. The van der Waals surface area contributed by atoms with Gasteiger partial charge in [0.1, 0.15) is 0 Å². The van der Waals surface area contributed by atoms with E-state index in [-0.39, 0.29) is 5.56 Å². The van der Waals surface area contributed by atoms with Crippen molar-refractivity contribution in [2.45, 2.75) is 44.3 Å². The fourth-order valence-corrected chi connectivity index (χ4v) is 5.44. The van der Waals surface area contributed by atoms with Crippen molar-refractivity contribution >= 4 is 0 Å². The number of rotatable bonds is 3. The topological polar surface area (TPSA) is 46.9 Å². The number of aromatic nitrogens is 1. The molecule has 0 unspecified atom stereocenters. The predicted molar refractivity (Wildman–Crippen MR) is 103 cm³/mol. The Balaban J connectivity index is 1.35. The van der Waals surface area contributed by atoms with Crippen molar-refractivity contribution < 1.29 is 9.47 Å². The highest BCUT2D eigenvalue weighted by Crippen LogP contribution is 2.36. The number of hydrogen-bond acceptors (Lipinski definition) is 5. The molecule has 5 heterocycles. The molecule has 4 aliphatic heterocycles. The van der Waals surface area contributed by atoms with E-state index in [0.29, 0.717) is 31.1 Å². The summed E-state index contributed by atoms with van der Waals surface area (Å²) >= 11 is 0. The molecule has 0 amide bonds. The summed E-state index contributed by atoms with van der Waals surface area (Å²) in [7, 11) is 0. The van der Waals surface area contributed by atoms with Gasteiger partial charge in [-0.3, -0.25) is 14.6 Å². The lowest BCUT2D eigenvalue weighted by atomic mass is 9.82. The third kappa shape index (κ3) is 3.60. The van der Waals surface area contributed by atoms with Crippen molar-refractivity contribution in [2.75, 3.05) is 52.6 Å². The van der Waals surface area contributed by atoms with Crippen molar-refractivity contribution in [3.8, 4) is 0 Å². The Morgan fingerprint density at radius 3 is 2.56 bits per heavy atom. The summed E-state index contributed by atoms with van der Waals surface area (Å²) in [6, 6.07) is 4.69. The van der Waals surface area contributed by atoms with Crippen molar-refractivity contribution in [3.63, 3.8) is 0 Å². The largest absolute Gasteiger partial charge is 0.377 e. The molecule has 0 saturated carbocycles. The van der Waals surface area contributed by atoms with E-state index < -0.39 is 0 Å². The Hall–Kier alpha value is -1.21. The molecule has 1 aromatic heterocycles. The maximum atomic E-state index is 13.1. The zero-order chi connectivity index (χ0) is 18.2. The molecule has 0 aliphatic carbocycles. The Kier molecular flexibility index (Phi) is 5.07. The summed E-state index contributed by atoms with van der Waals surface area (Å²) < 4.78 is 13.5. The molecular weight excluding hydrogens is 342 g/mol. The highest BCUT2D eigenvalue weighted by atomic mass is 16.5. The molecule has 1 aromatic rings. The van der Waals surface area contributed by atoms with E-state index in [1.165, 1.54) is 25.0 Å². The maximum absolute atomic E-state index is 13.1. The fraction of sp³-hybridized carbons (Fsp3) is 0.762. The second kappa shape index (κ2) is 7.66. The standard InChI is InChI=1S/C21H31N3O3/c25-21-17(12-22-5-1-2-6-22)3-4-20-18-9-16(11-24(20)21)10-23(13-18)19-14-26-7-8-27-15-19/h3-4,16,18-19H,1-2,5-15H2/t16-,18+/m0/s1.